The molecule has 1 heterocycles. The highest BCUT2D eigenvalue weighted by atomic mass is 32.2. The molecule has 6 heteroatoms. The third-order valence-corrected chi connectivity index (χ3v) is 9.02. The molecule has 4 rings (SSSR count). The van der Waals surface area contributed by atoms with Crippen LogP contribution in [0.3, 0.4) is 0 Å². The molecule has 1 aromatic carbocycles. The molecule has 2 aromatic rings. The van der Waals surface area contributed by atoms with Crippen LogP contribution in [-0.2, 0) is 10.0 Å². The Morgan fingerprint density at radius 2 is 1.35 bits per heavy atom. The monoisotopic (exact) mass is 519 g/mol. The third kappa shape index (κ3) is 6.07. The summed E-state index contributed by atoms with van der Waals surface area (Å²) in [4.78, 5) is 0.0901. The second-order valence-electron chi connectivity index (χ2n) is 12.0. The summed E-state index contributed by atoms with van der Waals surface area (Å²) in [6.45, 7) is 13.7. The molecule has 0 unspecified atom stereocenters. The Balaban J connectivity index is 1.76. The van der Waals surface area contributed by atoms with Crippen LogP contribution in [0.2, 0.25) is 0 Å². The van der Waals surface area contributed by atoms with Gasteiger partial charge in [-0.1, -0.05) is 51.0 Å². The maximum Gasteiger partial charge on any atom is 0.238 e. The minimum atomic E-state index is -3.75. The van der Waals surface area contributed by atoms with Crippen molar-refractivity contribution in [2.45, 2.75) is 85.0 Å². The summed E-state index contributed by atoms with van der Waals surface area (Å²) >= 11 is 0. The molecule has 0 radical (unpaired) electrons. The maximum absolute atomic E-state index is 11.8. The van der Waals surface area contributed by atoms with Crippen molar-refractivity contribution < 1.29 is 8.42 Å². The van der Waals surface area contributed by atoms with Crippen LogP contribution in [0.1, 0.15) is 91.5 Å². The maximum atomic E-state index is 11.8. The topological polar surface area (TPSA) is 78.0 Å². The molecule has 198 valence electrons. The molecule has 1 aromatic heterocycles. The Kier molecular flexibility index (Phi) is 7.55. The van der Waals surface area contributed by atoms with E-state index in [1.165, 1.54) is 60.1 Å². The summed E-state index contributed by atoms with van der Waals surface area (Å²) in [7, 11) is -3.75. The van der Waals surface area contributed by atoms with Crippen molar-refractivity contribution in [1.82, 2.24) is 9.78 Å². The summed E-state index contributed by atoms with van der Waals surface area (Å²) < 4.78 is 25.4. The number of hydrogen-bond acceptors (Lipinski definition) is 3. The number of allylic oxidation sites excluding steroid dienone is 6. The number of hydrogen-bond donors (Lipinski definition) is 1. The van der Waals surface area contributed by atoms with Crippen LogP contribution in [-0.4, -0.2) is 18.2 Å². The zero-order valence-electron chi connectivity index (χ0n) is 23.1. The first-order valence-corrected chi connectivity index (χ1v) is 14.8. The summed E-state index contributed by atoms with van der Waals surface area (Å²) in [5.41, 5.74) is 8.57. The SMILES string of the molecule is CC1=C(C=Cc2cc(C=CC3=C(C)CCCC3(C)C)n(-c3ccc(S(N)(=O)=O)cc3)n2)C(C)(C)CCC1. The highest BCUT2D eigenvalue weighted by Gasteiger charge is 2.27. The van der Waals surface area contributed by atoms with Gasteiger partial charge in [0.15, 0.2) is 0 Å². The fourth-order valence-electron chi connectivity index (χ4n) is 5.96. The van der Waals surface area contributed by atoms with E-state index in [0.717, 1.165) is 29.9 Å². The fraction of sp³-hybridized carbons (Fsp3) is 0.452. The van der Waals surface area contributed by atoms with E-state index in [0.29, 0.717) is 0 Å². The van der Waals surface area contributed by atoms with Crippen LogP contribution in [0, 0.1) is 10.8 Å². The lowest BCUT2D eigenvalue weighted by Gasteiger charge is -2.32. The molecule has 37 heavy (non-hydrogen) atoms. The van der Waals surface area contributed by atoms with Crippen molar-refractivity contribution in [3.05, 3.63) is 76.2 Å². The van der Waals surface area contributed by atoms with Crippen LogP contribution in [0.5, 0.6) is 0 Å². The minimum absolute atomic E-state index is 0.0901. The predicted octanol–water partition coefficient (Wildman–Crippen LogP) is 7.60. The molecule has 2 aliphatic carbocycles. The summed E-state index contributed by atoms with van der Waals surface area (Å²) in [6.07, 6.45) is 15.8. The number of primary sulfonamides is 1. The molecular formula is C31H41N3O2S. The number of nitrogens with two attached hydrogens (primary N) is 1. The number of aromatic nitrogens is 2. The van der Waals surface area contributed by atoms with Gasteiger partial charge in [-0.2, -0.15) is 5.10 Å². The van der Waals surface area contributed by atoms with E-state index in [9.17, 15) is 8.42 Å². The Hall–Kier alpha value is -2.70. The van der Waals surface area contributed by atoms with Gasteiger partial charge in [-0.3, -0.25) is 0 Å². The molecule has 0 bridgehead atoms. The van der Waals surface area contributed by atoms with Crippen molar-refractivity contribution in [3.63, 3.8) is 0 Å². The van der Waals surface area contributed by atoms with Gasteiger partial charge in [0, 0.05) is 0 Å². The largest absolute Gasteiger partial charge is 0.238 e. The zero-order chi connectivity index (χ0) is 27.0. The molecule has 0 atom stereocenters. The van der Waals surface area contributed by atoms with Crippen molar-refractivity contribution in [2.75, 3.05) is 0 Å². The van der Waals surface area contributed by atoms with Gasteiger partial charge in [-0.25, -0.2) is 18.2 Å². The van der Waals surface area contributed by atoms with Gasteiger partial charge in [0.2, 0.25) is 10.0 Å². The van der Waals surface area contributed by atoms with E-state index in [1.54, 1.807) is 12.1 Å². The molecule has 0 fully saturated rings. The fourth-order valence-corrected chi connectivity index (χ4v) is 6.47. The average molecular weight is 520 g/mol. The lowest BCUT2D eigenvalue weighted by atomic mass is 9.72. The second-order valence-corrected chi connectivity index (χ2v) is 13.5. The van der Waals surface area contributed by atoms with E-state index in [-0.39, 0.29) is 15.7 Å². The molecule has 5 nitrogen and oxygen atoms in total. The highest BCUT2D eigenvalue weighted by molar-refractivity contribution is 7.89. The van der Waals surface area contributed by atoms with Crippen molar-refractivity contribution in [1.29, 1.82) is 0 Å². The van der Waals surface area contributed by atoms with Gasteiger partial charge in [0.05, 0.1) is 22.0 Å². The first kappa shape index (κ1) is 27.3. The van der Waals surface area contributed by atoms with Crippen LogP contribution >= 0.6 is 0 Å². The Labute approximate surface area is 222 Å². The van der Waals surface area contributed by atoms with E-state index >= 15 is 0 Å². The molecule has 0 aliphatic heterocycles. The van der Waals surface area contributed by atoms with E-state index < -0.39 is 10.0 Å². The van der Waals surface area contributed by atoms with Crippen LogP contribution < -0.4 is 5.14 Å². The normalized spacial score (nSPS) is 20.4. The molecule has 0 saturated heterocycles. The van der Waals surface area contributed by atoms with Gasteiger partial charge in [0.25, 0.3) is 0 Å². The molecule has 0 saturated carbocycles. The van der Waals surface area contributed by atoms with E-state index in [4.69, 9.17) is 10.2 Å². The minimum Gasteiger partial charge on any atom is -0.233 e. The van der Waals surface area contributed by atoms with Crippen LogP contribution in [0.25, 0.3) is 17.8 Å². The van der Waals surface area contributed by atoms with Crippen LogP contribution in [0.4, 0.5) is 0 Å². The first-order valence-electron chi connectivity index (χ1n) is 13.3. The van der Waals surface area contributed by atoms with Gasteiger partial charge in [-0.15, -0.1) is 0 Å². The van der Waals surface area contributed by atoms with Gasteiger partial charge >= 0.3 is 0 Å². The summed E-state index contributed by atoms with van der Waals surface area (Å²) in [5, 5.41) is 10.2. The van der Waals surface area contributed by atoms with Crippen molar-refractivity contribution in [3.8, 4) is 5.69 Å². The number of nitrogens with zero attached hydrogens (tertiary/aromatic N) is 2. The van der Waals surface area contributed by atoms with Gasteiger partial charge in [0.1, 0.15) is 0 Å². The average Bonchev–Trinajstić information content (AvgIpc) is 3.20. The number of benzene rings is 1. The lowest BCUT2D eigenvalue weighted by Crippen LogP contribution is -2.19. The first-order chi connectivity index (χ1) is 17.3. The summed E-state index contributed by atoms with van der Waals surface area (Å²) in [6, 6.07) is 8.67. The molecular weight excluding hydrogens is 478 g/mol. The van der Waals surface area contributed by atoms with E-state index in [1.807, 2.05) is 4.68 Å². The number of rotatable bonds is 6. The quantitative estimate of drug-likeness (QED) is 0.427. The van der Waals surface area contributed by atoms with E-state index in [2.05, 4.69) is 71.9 Å². The van der Waals surface area contributed by atoms with Crippen LogP contribution in [0.15, 0.2) is 69.7 Å². The van der Waals surface area contributed by atoms with Crippen molar-refractivity contribution >= 4 is 22.2 Å². The van der Waals surface area contributed by atoms with Gasteiger partial charge < -0.3 is 0 Å². The summed E-state index contributed by atoms with van der Waals surface area (Å²) in [5.74, 6) is 0. The Morgan fingerprint density at radius 3 is 1.84 bits per heavy atom. The molecule has 2 aliphatic rings. The third-order valence-electron chi connectivity index (χ3n) is 8.09. The number of sulfonamides is 1. The molecule has 0 spiro atoms. The standard InChI is InChI=1S/C31H41N3O2S/c1-22-9-7-19-30(3,4)28(22)17-11-24-21-26(14-18-29-23(2)10-8-20-31(29,5)6)34(33-24)25-12-15-27(16-13-25)37(32,35)36/h11-18,21H,7-10,19-20H2,1-6H3,(H2,32,35,36). The highest BCUT2D eigenvalue weighted by Crippen LogP contribution is 2.42. The van der Waals surface area contributed by atoms with Crippen molar-refractivity contribution in [2.24, 2.45) is 16.0 Å². The second kappa shape index (κ2) is 10.2. The zero-order valence-corrected chi connectivity index (χ0v) is 24.0. The Morgan fingerprint density at radius 1 is 0.838 bits per heavy atom. The molecule has 0 amide bonds. The predicted molar refractivity (Wildman–Crippen MR) is 154 cm³/mol. The Bertz CT molecular complexity index is 1400. The molecule has 2 N–H and O–H groups in total. The lowest BCUT2D eigenvalue weighted by molar-refractivity contribution is 0.377. The van der Waals surface area contributed by atoms with Gasteiger partial charge in [-0.05, 0) is 117 Å². The smallest absolute Gasteiger partial charge is 0.233 e.